The highest BCUT2D eigenvalue weighted by Gasteiger charge is 2.16. The first-order chi connectivity index (χ1) is 12.1. The third-order valence-corrected chi connectivity index (χ3v) is 4.45. The second kappa shape index (κ2) is 12.3. The Kier molecular flexibility index (Phi) is 10.9. The van der Waals surface area contributed by atoms with E-state index in [1.807, 2.05) is 0 Å². The summed E-state index contributed by atoms with van der Waals surface area (Å²) in [5, 5.41) is 6.79. The van der Waals surface area contributed by atoms with Crippen LogP contribution >= 0.6 is 24.0 Å². The second-order valence-electron chi connectivity index (χ2n) is 6.63. The van der Waals surface area contributed by atoms with Crippen molar-refractivity contribution in [3.8, 4) is 0 Å². The average molecular weight is 475 g/mol. The largest absolute Gasteiger partial charge is 0.379 e. The molecule has 1 unspecified atom stereocenters. The van der Waals surface area contributed by atoms with Crippen molar-refractivity contribution < 1.29 is 4.74 Å². The number of hydrogen-bond acceptors (Lipinski definition) is 4. The number of nitrogens with one attached hydrogen (secondary N) is 2. The predicted octanol–water partition coefficient (Wildman–Crippen LogP) is 2.15. The Morgan fingerprint density at radius 3 is 2.42 bits per heavy atom. The molecule has 1 aromatic carbocycles. The molecule has 0 amide bonds. The van der Waals surface area contributed by atoms with Gasteiger partial charge < -0.3 is 20.3 Å². The summed E-state index contributed by atoms with van der Waals surface area (Å²) in [6, 6.07) is 9.00. The molecule has 2 rings (SSSR count). The number of anilines is 1. The van der Waals surface area contributed by atoms with Crippen molar-refractivity contribution in [1.82, 2.24) is 15.5 Å². The van der Waals surface area contributed by atoms with Crippen LogP contribution in [0.25, 0.3) is 0 Å². The lowest BCUT2D eigenvalue weighted by atomic mass is 10.2. The summed E-state index contributed by atoms with van der Waals surface area (Å²) in [5.41, 5.74) is 2.42. The smallest absolute Gasteiger partial charge is 0.191 e. The van der Waals surface area contributed by atoms with Crippen LogP contribution < -0.4 is 15.5 Å². The fourth-order valence-electron chi connectivity index (χ4n) is 2.80. The molecule has 1 aliphatic heterocycles. The lowest BCUT2D eigenvalue weighted by molar-refractivity contribution is 0.0211. The second-order valence-corrected chi connectivity index (χ2v) is 6.63. The van der Waals surface area contributed by atoms with Crippen LogP contribution in [0.3, 0.4) is 0 Å². The van der Waals surface area contributed by atoms with E-state index < -0.39 is 0 Å². The van der Waals surface area contributed by atoms with Gasteiger partial charge in [0.05, 0.1) is 19.8 Å². The molecule has 0 radical (unpaired) electrons. The quantitative estimate of drug-likeness (QED) is 0.360. The fraction of sp³-hybridized carbons (Fsp3) is 0.632. The van der Waals surface area contributed by atoms with Gasteiger partial charge in [-0.15, -0.1) is 24.0 Å². The molecule has 1 heterocycles. The topological polar surface area (TPSA) is 52.1 Å². The Morgan fingerprint density at radius 1 is 1.19 bits per heavy atom. The van der Waals surface area contributed by atoms with E-state index in [9.17, 15) is 0 Å². The van der Waals surface area contributed by atoms with Crippen molar-refractivity contribution in [3.63, 3.8) is 0 Å². The third kappa shape index (κ3) is 7.67. The summed E-state index contributed by atoms with van der Waals surface area (Å²) in [4.78, 5) is 9.27. The van der Waals surface area contributed by atoms with Crippen molar-refractivity contribution in [3.05, 3.63) is 29.8 Å². The maximum atomic E-state index is 5.42. The zero-order valence-electron chi connectivity index (χ0n) is 16.5. The number of rotatable bonds is 7. The summed E-state index contributed by atoms with van der Waals surface area (Å²) in [6.07, 6.45) is 0. The molecule has 1 aliphatic rings. The molecule has 6 nitrogen and oxygen atoms in total. The lowest BCUT2D eigenvalue weighted by Crippen LogP contribution is -2.49. The van der Waals surface area contributed by atoms with Gasteiger partial charge in [0, 0.05) is 52.0 Å². The van der Waals surface area contributed by atoms with E-state index >= 15 is 0 Å². The number of guanidine groups is 1. The highest BCUT2D eigenvalue weighted by atomic mass is 127. The fourth-order valence-corrected chi connectivity index (χ4v) is 2.80. The van der Waals surface area contributed by atoms with Crippen LogP contribution in [-0.2, 0) is 11.3 Å². The summed E-state index contributed by atoms with van der Waals surface area (Å²) >= 11 is 0. The van der Waals surface area contributed by atoms with E-state index in [2.05, 4.69) is 72.6 Å². The van der Waals surface area contributed by atoms with E-state index in [0.717, 1.165) is 45.4 Å². The minimum atomic E-state index is 0. The van der Waals surface area contributed by atoms with Crippen molar-refractivity contribution in [2.75, 3.05) is 58.4 Å². The number of morpholine rings is 1. The van der Waals surface area contributed by atoms with Crippen LogP contribution in [0.15, 0.2) is 29.3 Å². The van der Waals surface area contributed by atoms with Crippen LogP contribution in [0.4, 0.5) is 5.69 Å². The molecule has 1 saturated heterocycles. The molecular weight excluding hydrogens is 441 g/mol. The van der Waals surface area contributed by atoms with Gasteiger partial charge in [-0.25, -0.2) is 4.99 Å². The van der Waals surface area contributed by atoms with Gasteiger partial charge in [0.2, 0.25) is 0 Å². The minimum absolute atomic E-state index is 0. The zero-order valence-corrected chi connectivity index (χ0v) is 18.8. The first-order valence-corrected chi connectivity index (χ1v) is 9.20. The summed E-state index contributed by atoms with van der Waals surface area (Å²) < 4.78 is 5.42. The highest BCUT2D eigenvalue weighted by Crippen LogP contribution is 2.12. The molecule has 2 N–H and O–H groups in total. The number of hydrogen-bond donors (Lipinski definition) is 2. The molecule has 0 aliphatic carbocycles. The Morgan fingerprint density at radius 2 is 1.85 bits per heavy atom. The van der Waals surface area contributed by atoms with Gasteiger partial charge in [-0.2, -0.15) is 0 Å². The van der Waals surface area contributed by atoms with Gasteiger partial charge in [0.15, 0.2) is 5.96 Å². The standard InChI is InChI=1S/C19H33N5O.HI/c1-5-20-19(21-14-16(2)24-10-12-25-13-11-24)22-15-17-6-8-18(9-7-17)23(3)4;/h6-9,16H,5,10-15H2,1-4H3,(H2,20,21,22);1H. The van der Waals surface area contributed by atoms with Crippen LogP contribution in [0.1, 0.15) is 19.4 Å². The van der Waals surface area contributed by atoms with Crippen molar-refractivity contribution in [1.29, 1.82) is 0 Å². The molecular formula is C19H34IN5O. The van der Waals surface area contributed by atoms with E-state index in [0.29, 0.717) is 12.6 Å². The van der Waals surface area contributed by atoms with Gasteiger partial charge in [-0.05, 0) is 31.5 Å². The van der Waals surface area contributed by atoms with Gasteiger partial charge in [0.1, 0.15) is 0 Å². The summed E-state index contributed by atoms with van der Waals surface area (Å²) in [5.74, 6) is 0.874. The number of nitrogens with zero attached hydrogens (tertiary/aromatic N) is 3. The maximum Gasteiger partial charge on any atom is 0.191 e. The Bertz CT molecular complexity index is 529. The molecule has 0 bridgehead atoms. The molecule has 26 heavy (non-hydrogen) atoms. The van der Waals surface area contributed by atoms with Gasteiger partial charge >= 0.3 is 0 Å². The first kappa shape index (κ1) is 23.0. The maximum absolute atomic E-state index is 5.42. The number of halogens is 1. The van der Waals surface area contributed by atoms with Gasteiger partial charge in [0.25, 0.3) is 0 Å². The Balaban J connectivity index is 0.00000338. The van der Waals surface area contributed by atoms with Crippen LogP contribution in [-0.4, -0.2) is 70.4 Å². The molecule has 0 aromatic heterocycles. The van der Waals surface area contributed by atoms with Crippen molar-refractivity contribution >= 4 is 35.6 Å². The van der Waals surface area contributed by atoms with E-state index in [-0.39, 0.29) is 24.0 Å². The normalized spacial score (nSPS) is 16.5. The Labute approximate surface area is 175 Å². The van der Waals surface area contributed by atoms with Crippen LogP contribution in [0.5, 0.6) is 0 Å². The summed E-state index contributed by atoms with van der Waals surface area (Å²) in [7, 11) is 4.10. The number of benzene rings is 1. The van der Waals surface area contributed by atoms with E-state index in [1.165, 1.54) is 11.3 Å². The van der Waals surface area contributed by atoms with E-state index in [4.69, 9.17) is 9.73 Å². The van der Waals surface area contributed by atoms with Gasteiger partial charge in [-0.1, -0.05) is 12.1 Å². The molecule has 0 spiro atoms. The molecule has 1 fully saturated rings. The highest BCUT2D eigenvalue weighted by molar-refractivity contribution is 14.0. The first-order valence-electron chi connectivity index (χ1n) is 9.20. The van der Waals surface area contributed by atoms with Crippen molar-refractivity contribution in [2.45, 2.75) is 26.4 Å². The molecule has 1 aromatic rings. The molecule has 148 valence electrons. The van der Waals surface area contributed by atoms with E-state index in [1.54, 1.807) is 0 Å². The number of ether oxygens (including phenoxy) is 1. The zero-order chi connectivity index (χ0) is 18.1. The van der Waals surface area contributed by atoms with Crippen LogP contribution in [0.2, 0.25) is 0 Å². The Hall–Kier alpha value is -1.06. The SMILES string of the molecule is CCNC(=NCc1ccc(N(C)C)cc1)NCC(C)N1CCOCC1.I. The summed E-state index contributed by atoms with van der Waals surface area (Å²) in [6.45, 7) is 10.4. The molecule has 1 atom stereocenters. The molecule has 0 saturated carbocycles. The van der Waals surface area contributed by atoms with Crippen LogP contribution in [0, 0.1) is 0 Å². The predicted molar refractivity (Wildman–Crippen MR) is 121 cm³/mol. The van der Waals surface area contributed by atoms with Crippen molar-refractivity contribution in [2.24, 2.45) is 4.99 Å². The average Bonchev–Trinajstić information content (AvgIpc) is 2.64. The number of aliphatic imine (C=N–C) groups is 1. The van der Waals surface area contributed by atoms with Gasteiger partial charge in [-0.3, -0.25) is 4.90 Å². The third-order valence-electron chi connectivity index (χ3n) is 4.45. The monoisotopic (exact) mass is 475 g/mol. The molecule has 7 heteroatoms. The lowest BCUT2D eigenvalue weighted by Gasteiger charge is -2.32. The minimum Gasteiger partial charge on any atom is -0.379 e.